The summed E-state index contributed by atoms with van der Waals surface area (Å²) < 4.78 is 0. The summed E-state index contributed by atoms with van der Waals surface area (Å²) in [6.45, 7) is 10.8. The summed E-state index contributed by atoms with van der Waals surface area (Å²) in [5, 5.41) is 30.8. The zero-order valence-electron chi connectivity index (χ0n) is 21.3. The molecule has 0 bridgehead atoms. The van der Waals surface area contributed by atoms with Crippen LogP contribution in [0.3, 0.4) is 0 Å². The molecule has 3 fully saturated rings. The minimum atomic E-state index is -0.752. The largest absolute Gasteiger partial charge is 0.504 e. The molecule has 3 saturated carbocycles. The van der Waals surface area contributed by atoms with Gasteiger partial charge in [-0.15, -0.1) is 0 Å². The molecule has 0 amide bonds. The number of ketones is 1. The van der Waals surface area contributed by atoms with Crippen molar-refractivity contribution in [2.24, 2.45) is 27.6 Å². The van der Waals surface area contributed by atoms with Crippen LogP contribution in [-0.2, 0) is 10.2 Å². The molecule has 0 aromatic heterocycles. The molecule has 1 aromatic carbocycles. The Morgan fingerprint density at radius 3 is 2.29 bits per heavy atom. The van der Waals surface area contributed by atoms with Crippen LogP contribution in [0.15, 0.2) is 17.7 Å². The Hall–Kier alpha value is -2.63. The summed E-state index contributed by atoms with van der Waals surface area (Å²) in [7, 11) is 0. The quantitative estimate of drug-likeness (QED) is 0.365. The number of allylic oxidation sites excluding steroid dienone is 2. The van der Waals surface area contributed by atoms with E-state index in [1.165, 1.54) is 6.07 Å². The van der Waals surface area contributed by atoms with Crippen LogP contribution in [0, 0.1) is 27.6 Å². The van der Waals surface area contributed by atoms with Crippen LogP contribution in [0.5, 0.6) is 11.5 Å². The second-order valence-corrected chi connectivity index (χ2v) is 13.0. The summed E-state index contributed by atoms with van der Waals surface area (Å²) in [5.41, 5.74) is -0.155. The van der Waals surface area contributed by atoms with Crippen LogP contribution in [-0.4, -0.2) is 33.4 Å². The highest BCUT2D eigenvalue weighted by molar-refractivity contribution is 6.13. The summed E-state index contributed by atoms with van der Waals surface area (Å²) in [6.07, 6.45) is 7.76. The molecule has 6 nitrogen and oxygen atoms in total. The number of benzene rings is 1. The minimum absolute atomic E-state index is 0.0584. The molecule has 1 aromatic rings. The van der Waals surface area contributed by atoms with Gasteiger partial charge in [-0.05, 0) is 97.3 Å². The van der Waals surface area contributed by atoms with Gasteiger partial charge in [-0.2, -0.15) is 0 Å². The van der Waals surface area contributed by atoms with Gasteiger partial charge in [-0.1, -0.05) is 27.7 Å². The van der Waals surface area contributed by atoms with Crippen molar-refractivity contribution in [3.8, 4) is 11.5 Å². The Bertz CT molecular complexity index is 1210. The zero-order chi connectivity index (χ0) is 25.8. The molecule has 6 heteroatoms. The van der Waals surface area contributed by atoms with Crippen LogP contribution in [0.4, 0.5) is 0 Å². The fourth-order valence-corrected chi connectivity index (χ4v) is 8.67. The number of carbonyl (C=O) groups is 3. The Labute approximate surface area is 206 Å². The third kappa shape index (κ3) is 2.80. The van der Waals surface area contributed by atoms with E-state index in [-0.39, 0.29) is 44.8 Å². The third-order valence-electron chi connectivity index (χ3n) is 11.4. The van der Waals surface area contributed by atoms with Crippen LogP contribution in [0.1, 0.15) is 106 Å². The molecule has 4 aliphatic rings. The van der Waals surface area contributed by atoms with Gasteiger partial charge in [0.25, 0.3) is 0 Å². The van der Waals surface area contributed by atoms with E-state index < -0.39 is 22.5 Å². The van der Waals surface area contributed by atoms with Gasteiger partial charge in [-0.25, -0.2) is 0 Å². The maximum atomic E-state index is 13.5. The molecule has 6 atom stereocenters. The number of fused-ring (bicyclic) bond motifs is 7. The van der Waals surface area contributed by atoms with Gasteiger partial charge >= 0.3 is 5.97 Å². The average molecular weight is 481 g/mol. The number of phenolic OH excluding ortho intramolecular Hbond substituents is 2. The number of hydrogen-bond donors (Lipinski definition) is 3. The van der Waals surface area contributed by atoms with Crippen molar-refractivity contribution in [3.05, 3.63) is 34.4 Å². The summed E-state index contributed by atoms with van der Waals surface area (Å²) in [6, 6.07) is 1.46. The number of hydrogen-bond acceptors (Lipinski definition) is 5. The highest BCUT2D eigenvalue weighted by Gasteiger charge is 2.67. The molecule has 5 rings (SSSR count). The summed E-state index contributed by atoms with van der Waals surface area (Å²) in [5.74, 6) is -1.79. The van der Waals surface area contributed by atoms with Crippen molar-refractivity contribution in [2.75, 3.05) is 0 Å². The standard InChI is InChI=1S/C29H36O6/c1-25-6-7-26(2,24(34)35)14-21(25)29(5)11-9-27(3)17-12-19(32)23(33)16(15-30)22(17)18(31)13-20(27)28(29,4)10-8-25/h12-13,15,21,32-33H,6-11,14H2,1-5H3,(H,34,35)/t21-,25+,26-,27-,28+,29+/m0/s1. The maximum Gasteiger partial charge on any atom is 0.309 e. The van der Waals surface area contributed by atoms with Crippen molar-refractivity contribution in [3.63, 3.8) is 0 Å². The predicted octanol–water partition coefficient (Wildman–Crippen LogP) is 5.79. The first-order valence-corrected chi connectivity index (χ1v) is 12.7. The van der Waals surface area contributed by atoms with Crippen LogP contribution < -0.4 is 0 Å². The normalized spacial score (nSPS) is 42.1. The third-order valence-corrected chi connectivity index (χ3v) is 11.4. The van der Waals surface area contributed by atoms with E-state index in [1.54, 1.807) is 6.08 Å². The molecule has 35 heavy (non-hydrogen) atoms. The first kappa shape index (κ1) is 24.1. The molecular formula is C29H36O6. The number of carbonyl (C=O) groups excluding carboxylic acids is 2. The molecule has 0 aliphatic heterocycles. The lowest BCUT2D eigenvalue weighted by Crippen LogP contribution is -2.62. The van der Waals surface area contributed by atoms with Crippen molar-refractivity contribution >= 4 is 18.0 Å². The first-order valence-electron chi connectivity index (χ1n) is 12.7. The van der Waals surface area contributed by atoms with E-state index in [0.717, 1.165) is 31.3 Å². The Morgan fingerprint density at radius 1 is 1.00 bits per heavy atom. The molecule has 4 aliphatic carbocycles. The van der Waals surface area contributed by atoms with Crippen LogP contribution in [0.2, 0.25) is 0 Å². The molecule has 0 radical (unpaired) electrons. The minimum Gasteiger partial charge on any atom is -0.504 e. The number of aldehydes is 1. The van der Waals surface area contributed by atoms with E-state index in [1.807, 2.05) is 6.92 Å². The van der Waals surface area contributed by atoms with Gasteiger partial charge < -0.3 is 15.3 Å². The monoisotopic (exact) mass is 480 g/mol. The summed E-state index contributed by atoms with van der Waals surface area (Å²) in [4.78, 5) is 37.5. The van der Waals surface area contributed by atoms with E-state index >= 15 is 0 Å². The highest BCUT2D eigenvalue weighted by atomic mass is 16.4. The van der Waals surface area contributed by atoms with Crippen molar-refractivity contribution in [1.82, 2.24) is 0 Å². The van der Waals surface area contributed by atoms with Crippen molar-refractivity contribution < 1.29 is 29.7 Å². The predicted molar refractivity (Wildman–Crippen MR) is 131 cm³/mol. The molecule has 0 saturated heterocycles. The number of phenols is 2. The lowest BCUT2D eigenvalue weighted by atomic mass is 9.34. The molecule has 3 N–H and O–H groups in total. The van der Waals surface area contributed by atoms with E-state index in [0.29, 0.717) is 31.1 Å². The van der Waals surface area contributed by atoms with Crippen LogP contribution >= 0.6 is 0 Å². The van der Waals surface area contributed by atoms with Gasteiger partial charge in [0.05, 0.1) is 11.0 Å². The smallest absolute Gasteiger partial charge is 0.309 e. The molecule has 0 spiro atoms. The van der Waals surface area contributed by atoms with E-state index in [2.05, 4.69) is 27.7 Å². The number of rotatable bonds is 2. The molecule has 188 valence electrons. The topological polar surface area (TPSA) is 112 Å². The number of aliphatic carboxylic acids is 1. The SMILES string of the molecule is C[C@]1(C(=O)O)CC[C@]2(C)CC[C@]3(C)C4=CC(=O)c5c(cc(O)c(O)c5C=O)[C@]4(C)CC[C@]3(C)[C@H]2C1. The van der Waals surface area contributed by atoms with Gasteiger partial charge in [0, 0.05) is 11.0 Å². The van der Waals surface area contributed by atoms with Gasteiger partial charge in [0.2, 0.25) is 0 Å². The Balaban J connectivity index is 1.68. The lowest BCUT2D eigenvalue weighted by molar-refractivity contribution is -0.177. The van der Waals surface area contributed by atoms with Crippen molar-refractivity contribution in [1.29, 1.82) is 0 Å². The molecule has 0 heterocycles. The Morgan fingerprint density at radius 2 is 1.66 bits per heavy atom. The maximum absolute atomic E-state index is 13.5. The summed E-state index contributed by atoms with van der Waals surface area (Å²) >= 11 is 0. The molecule has 0 unspecified atom stereocenters. The van der Waals surface area contributed by atoms with Gasteiger partial charge in [0.1, 0.15) is 0 Å². The van der Waals surface area contributed by atoms with Crippen LogP contribution in [0.25, 0.3) is 0 Å². The van der Waals surface area contributed by atoms with E-state index in [9.17, 15) is 29.7 Å². The average Bonchev–Trinajstić information content (AvgIpc) is 2.80. The van der Waals surface area contributed by atoms with Crippen molar-refractivity contribution in [2.45, 2.75) is 85.0 Å². The first-order chi connectivity index (χ1) is 16.2. The zero-order valence-corrected chi connectivity index (χ0v) is 21.3. The second kappa shape index (κ2) is 6.98. The molecular weight excluding hydrogens is 444 g/mol. The highest BCUT2D eigenvalue weighted by Crippen LogP contribution is 2.74. The number of aromatic hydroxyl groups is 2. The fourth-order valence-electron chi connectivity index (χ4n) is 8.67. The van der Waals surface area contributed by atoms with Gasteiger partial charge in [0.15, 0.2) is 23.6 Å². The van der Waals surface area contributed by atoms with Gasteiger partial charge in [-0.3, -0.25) is 14.4 Å². The number of carboxylic acids is 1. The van der Waals surface area contributed by atoms with E-state index in [4.69, 9.17) is 0 Å². The second-order valence-electron chi connectivity index (χ2n) is 13.0. The lowest BCUT2D eigenvalue weighted by Gasteiger charge is -2.69. The Kier molecular flexibility index (Phi) is 4.80. The number of carboxylic acid groups (broad SMARTS) is 1. The fraction of sp³-hybridized carbons (Fsp3) is 0.621.